The van der Waals surface area contributed by atoms with E-state index in [2.05, 4.69) is 50.2 Å². The number of hydrogen-bond acceptors (Lipinski definition) is 2. The van der Waals surface area contributed by atoms with Crippen LogP contribution >= 0.6 is 0 Å². The maximum Gasteiger partial charge on any atom is 0.198 e. The number of rotatable bonds is 2. The summed E-state index contributed by atoms with van der Waals surface area (Å²) in [5.41, 5.74) is 3.77. The lowest BCUT2D eigenvalue weighted by Crippen LogP contribution is -2.40. The van der Waals surface area contributed by atoms with Gasteiger partial charge in [-0.05, 0) is 30.9 Å². The van der Waals surface area contributed by atoms with Crippen LogP contribution in [0.25, 0.3) is 0 Å². The van der Waals surface area contributed by atoms with E-state index < -0.39 is 0 Å². The molecule has 5 nitrogen and oxygen atoms in total. The number of hydrogen-bond donors (Lipinski definition) is 1. The highest BCUT2D eigenvalue weighted by atomic mass is 15.3. The van der Waals surface area contributed by atoms with Crippen LogP contribution in [-0.4, -0.2) is 29.1 Å². The smallest absolute Gasteiger partial charge is 0.198 e. The fourth-order valence-corrected chi connectivity index (χ4v) is 3.58. The number of para-hydroxylation sites is 1. The summed E-state index contributed by atoms with van der Waals surface area (Å²) in [7, 11) is 1.85. The van der Waals surface area contributed by atoms with Crippen LogP contribution in [0, 0.1) is 0 Å². The molecule has 3 heterocycles. The molecule has 0 atom stereocenters. The van der Waals surface area contributed by atoms with Gasteiger partial charge in [-0.15, -0.1) is 0 Å². The van der Waals surface area contributed by atoms with Gasteiger partial charge in [0.2, 0.25) is 0 Å². The first-order valence-corrected chi connectivity index (χ1v) is 8.46. The summed E-state index contributed by atoms with van der Waals surface area (Å²) in [6.07, 6.45) is 6.90. The Balaban J connectivity index is 1.46. The fourth-order valence-electron chi connectivity index (χ4n) is 3.58. The fraction of sp³-hybridized carbons (Fsp3) is 0.444. The van der Waals surface area contributed by atoms with E-state index in [4.69, 9.17) is 4.98 Å². The van der Waals surface area contributed by atoms with Crippen LogP contribution in [0.1, 0.15) is 29.9 Å². The molecule has 0 amide bonds. The van der Waals surface area contributed by atoms with Gasteiger partial charge in [-0.2, -0.15) is 0 Å². The van der Waals surface area contributed by atoms with Crippen molar-refractivity contribution in [3.63, 3.8) is 0 Å². The molecule has 0 aliphatic carbocycles. The lowest BCUT2D eigenvalue weighted by Gasteiger charge is -2.22. The molecule has 2 aromatic rings. The third-order valence-corrected chi connectivity index (χ3v) is 4.74. The standard InChI is InChI=1S/C18H23N5/c1-19-18(23-11-9-14-6-2-3-7-16(14)23)20-12-15-13-22-10-5-4-8-17(22)21-15/h2-3,6-7,13H,4-5,8-12H2,1H3,(H,19,20). The molecule has 5 heteroatoms. The Hall–Kier alpha value is -2.30. The largest absolute Gasteiger partial charge is 0.350 e. The van der Waals surface area contributed by atoms with Crippen molar-refractivity contribution in [2.24, 2.45) is 4.99 Å². The Bertz CT molecular complexity index is 707. The number of nitrogens with zero attached hydrogens (tertiary/aromatic N) is 4. The number of fused-ring (bicyclic) bond motifs is 2. The zero-order chi connectivity index (χ0) is 15.6. The number of guanidine groups is 1. The molecule has 4 rings (SSSR count). The van der Waals surface area contributed by atoms with E-state index in [1.54, 1.807) is 0 Å². The minimum absolute atomic E-state index is 0.728. The van der Waals surface area contributed by atoms with E-state index in [0.717, 1.165) is 44.1 Å². The quantitative estimate of drug-likeness (QED) is 0.684. The monoisotopic (exact) mass is 309 g/mol. The van der Waals surface area contributed by atoms with Crippen LogP contribution in [0.4, 0.5) is 5.69 Å². The van der Waals surface area contributed by atoms with Gasteiger partial charge < -0.3 is 14.8 Å². The lowest BCUT2D eigenvalue weighted by molar-refractivity contribution is 0.522. The Labute approximate surface area is 137 Å². The van der Waals surface area contributed by atoms with Crippen LogP contribution in [0.2, 0.25) is 0 Å². The molecule has 2 aliphatic rings. The molecular formula is C18H23N5. The van der Waals surface area contributed by atoms with Crippen molar-refractivity contribution in [3.8, 4) is 0 Å². The van der Waals surface area contributed by atoms with Gasteiger partial charge in [-0.1, -0.05) is 18.2 Å². The summed E-state index contributed by atoms with van der Waals surface area (Å²) in [6, 6.07) is 8.57. The van der Waals surface area contributed by atoms with Crippen molar-refractivity contribution in [2.45, 2.75) is 38.8 Å². The van der Waals surface area contributed by atoms with E-state index in [1.165, 1.54) is 29.9 Å². The third-order valence-electron chi connectivity index (χ3n) is 4.74. The number of benzene rings is 1. The second kappa shape index (κ2) is 6.07. The molecule has 0 bridgehead atoms. The minimum Gasteiger partial charge on any atom is -0.350 e. The molecule has 0 saturated carbocycles. The molecule has 2 aliphatic heterocycles. The van der Waals surface area contributed by atoms with Crippen LogP contribution in [0.3, 0.4) is 0 Å². The molecule has 0 radical (unpaired) electrons. The second-order valence-corrected chi connectivity index (χ2v) is 6.23. The summed E-state index contributed by atoms with van der Waals surface area (Å²) in [5, 5.41) is 3.48. The molecule has 0 unspecified atom stereocenters. The molecule has 23 heavy (non-hydrogen) atoms. The Kier molecular flexibility index (Phi) is 3.77. The molecule has 0 saturated heterocycles. The molecule has 1 aromatic heterocycles. The van der Waals surface area contributed by atoms with Crippen molar-refractivity contribution in [3.05, 3.63) is 47.5 Å². The number of imidazole rings is 1. The predicted molar refractivity (Wildman–Crippen MR) is 92.9 cm³/mol. The van der Waals surface area contributed by atoms with Gasteiger partial charge in [-0.25, -0.2) is 4.98 Å². The third kappa shape index (κ3) is 2.71. The van der Waals surface area contributed by atoms with Crippen LogP contribution in [0.5, 0.6) is 0 Å². The number of aryl methyl sites for hydroxylation is 2. The summed E-state index contributed by atoms with van der Waals surface area (Å²) < 4.78 is 2.30. The lowest BCUT2D eigenvalue weighted by atomic mass is 10.2. The second-order valence-electron chi connectivity index (χ2n) is 6.23. The Morgan fingerprint density at radius 3 is 3.00 bits per heavy atom. The van der Waals surface area contributed by atoms with Gasteiger partial charge in [0.25, 0.3) is 0 Å². The summed E-state index contributed by atoms with van der Waals surface area (Å²) in [5.74, 6) is 2.16. The molecule has 120 valence electrons. The summed E-state index contributed by atoms with van der Waals surface area (Å²) >= 11 is 0. The van der Waals surface area contributed by atoms with Crippen molar-refractivity contribution in [1.29, 1.82) is 0 Å². The van der Waals surface area contributed by atoms with Gasteiger partial charge in [0, 0.05) is 38.4 Å². The first-order chi connectivity index (χ1) is 11.3. The summed E-state index contributed by atoms with van der Waals surface area (Å²) in [4.78, 5) is 11.5. The van der Waals surface area contributed by atoms with Gasteiger partial charge in [0.1, 0.15) is 5.82 Å². The highest BCUT2D eigenvalue weighted by molar-refractivity contribution is 5.97. The van der Waals surface area contributed by atoms with Crippen LogP contribution in [0.15, 0.2) is 35.5 Å². The SMILES string of the molecule is CN=C(NCc1cn2c(n1)CCCC2)N1CCc2ccccc21. The van der Waals surface area contributed by atoms with E-state index in [1.807, 2.05) is 7.05 Å². The zero-order valence-corrected chi connectivity index (χ0v) is 13.6. The number of anilines is 1. The van der Waals surface area contributed by atoms with Crippen molar-refractivity contribution in [1.82, 2.24) is 14.9 Å². The molecular weight excluding hydrogens is 286 g/mol. The molecule has 0 spiro atoms. The molecule has 0 fully saturated rings. The Morgan fingerprint density at radius 2 is 2.13 bits per heavy atom. The van der Waals surface area contributed by atoms with Gasteiger partial charge in [-0.3, -0.25) is 4.99 Å². The van der Waals surface area contributed by atoms with E-state index in [9.17, 15) is 0 Å². The van der Waals surface area contributed by atoms with Gasteiger partial charge in [0.15, 0.2) is 5.96 Å². The van der Waals surface area contributed by atoms with Crippen LogP contribution < -0.4 is 10.2 Å². The minimum atomic E-state index is 0.728. The highest BCUT2D eigenvalue weighted by Gasteiger charge is 2.22. The average Bonchev–Trinajstić information content (AvgIpc) is 3.19. The van der Waals surface area contributed by atoms with E-state index in [0.29, 0.717) is 0 Å². The van der Waals surface area contributed by atoms with Gasteiger partial charge >= 0.3 is 0 Å². The first kappa shape index (κ1) is 14.3. The molecule has 1 N–H and O–H groups in total. The van der Waals surface area contributed by atoms with E-state index in [-0.39, 0.29) is 0 Å². The van der Waals surface area contributed by atoms with E-state index >= 15 is 0 Å². The normalized spacial score (nSPS) is 17.1. The van der Waals surface area contributed by atoms with Crippen molar-refractivity contribution >= 4 is 11.6 Å². The van der Waals surface area contributed by atoms with Crippen molar-refractivity contribution < 1.29 is 0 Å². The van der Waals surface area contributed by atoms with Crippen molar-refractivity contribution in [2.75, 3.05) is 18.5 Å². The Morgan fingerprint density at radius 1 is 1.22 bits per heavy atom. The number of aliphatic imine (C=N–C) groups is 1. The zero-order valence-electron chi connectivity index (χ0n) is 13.6. The highest BCUT2D eigenvalue weighted by Crippen LogP contribution is 2.27. The van der Waals surface area contributed by atoms with Gasteiger partial charge in [0.05, 0.1) is 12.2 Å². The first-order valence-electron chi connectivity index (χ1n) is 8.46. The maximum atomic E-state index is 4.75. The molecule has 1 aromatic carbocycles. The maximum absolute atomic E-state index is 4.75. The summed E-state index contributed by atoms with van der Waals surface area (Å²) in [6.45, 7) is 2.82. The topological polar surface area (TPSA) is 45.5 Å². The van der Waals surface area contributed by atoms with Crippen LogP contribution in [-0.2, 0) is 25.9 Å². The number of nitrogens with one attached hydrogen (secondary N) is 1. The number of aromatic nitrogens is 2. The predicted octanol–water partition coefficient (Wildman–Crippen LogP) is 2.36. The average molecular weight is 309 g/mol.